The standard InChI is InChI=1S/C10H10FN3/c1-7-3-4-8(5-9(7)11)10-6-14(2)13-12-10/h3-6H,1-2H3. The fourth-order valence-electron chi connectivity index (χ4n) is 1.23. The number of rotatable bonds is 1. The van der Waals surface area contributed by atoms with Gasteiger partial charge in [0.25, 0.3) is 0 Å². The van der Waals surface area contributed by atoms with E-state index in [1.807, 2.05) is 6.07 Å². The molecule has 0 atom stereocenters. The van der Waals surface area contributed by atoms with Crippen LogP contribution < -0.4 is 0 Å². The minimum atomic E-state index is -0.215. The second-order valence-corrected chi connectivity index (χ2v) is 3.24. The normalized spacial score (nSPS) is 10.5. The Labute approximate surface area is 81.2 Å². The Morgan fingerprint density at radius 2 is 2.14 bits per heavy atom. The maximum atomic E-state index is 13.2. The van der Waals surface area contributed by atoms with Gasteiger partial charge in [0.2, 0.25) is 0 Å². The first kappa shape index (κ1) is 8.87. The van der Waals surface area contributed by atoms with Crippen molar-refractivity contribution in [1.82, 2.24) is 15.0 Å². The van der Waals surface area contributed by atoms with Gasteiger partial charge in [-0.15, -0.1) is 5.10 Å². The summed E-state index contributed by atoms with van der Waals surface area (Å²) < 4.78 is 14.8. The molecule has 0 unspecified atom stereocenters. The first-order chi connectivity index (χ1) is 6.66. The molecule has 0 aliphatic carbocycles. The van der Waals surface area contributed by atoms with Gasteiger partial charge in [-0.1, -0.05) is 17.3 Å². The number of hydrogen-bond donors (Lipinski definition) is 0. The quantitative estimate of drug-likeness (QED) is 0.689. The van der Waals surface area contributed by atoms with Gasteiger partial charge in [0, 0.05) is 12.6 Å². The summed E-state index contributed by atoms with van der Waals surface area (Å²) in [6, 6.07) is 5.04. The van der Waals surface area contributed by atoms with Crippen LogP contribution in [0.2, 0.25) is 0 Å². The Morgan fingerprint density at radius 3 is 2.71 bits per heavy atom. The van der Waals surface area contributed by atoms with Crippen molar-refractivity contribution in [3.63, 3.8) is 0 Å². The largest absolute Gasteiger partial charge is 0.255 e. The Bertz CT molecular complexity index is 462. The lowest BCUT2D eigenvalue weighted by molar-refractivity contribution is 0.619. The molecule has 0 aliphatic heterocycles. The number of halogens is 1. The summed E-state index contributed by atoms with van der Waals surface area (Å²) in [5.41, 5.74) is 2.07. The Balaban J connectivity index is 2.47. The van der Waals surface area contributed by atoms with Crippen molar-refractivity contribution in [3.05, 3.63) is 35.8 Å². The highest BCUT2D eigenvalue weighted by atomic mass is 19.1. The van der Waals surface area contributed by atoms with Crippen molar-refractivity contribution in [2.45, 2.75) is 6.92 Å². The number of aryl methyl sites for hydroxylation is 2. The molecule has 0 N–H and O–H groups in total. The minimum absolute atomic E-state index is 0.215. The van der Waals surface area contributed by atoms with Crippen LogP contribution in [0.3, 0.4) is 0 Å². The topological polar surface area (TPSA) is 30.7 Å². The minimum Gasteiger partial charge on any atom is -0.255 e. The maximum Gasteiger partial charge on any atom is 0.126 e. The van der Waals surface area contributed by atoms with Gasteiger partial charge in [0.15, 0.2) is 0 Å². The van der Waals surface area contributed by atoms with Crippen LogP contribution in [0.4, 0.5) is 4.39 Å². The van der Waals surface area contributed by atoms with E-state index in [2.05, 4.69) is 10.3 Å². The molecular formula is C10H10FN3. The van der Waals surface area contributed by atoms with Crippen LogP contribution in [-0.4, -0.2) is 15.0 Å². The molecule has 0 amide bonds. The van der Waals surface area contributed by atoms with E-state index in [4.69, 9.17) is 0 Å². The van der Waals surface area contributed by atoms with Gasteiger partial charge < -0.3 is 0 Å². The summed E-state index contributed by atoms with van der Waals surface area (Å²) in [5, 5.41) is 7.69. The zero-order valence-electron chi connectivity index (χ0n) is 8.03. The second kappa shape index (κ2) is 3.21. The van der Waals surface area contributed by atoms with Gasteiger partial charge in [-0.2, -0.15) is 0 Å². The van der Waals surface area contributed by atoms with E-state index in [0.717, 1.165) is 5.56 Å². The SMILES string of the molecule is Cc1ccc(-c2cn(C)nn2)cc1F. The molecule has 2 aromatic rings. The van der Waals surface area contributed by atoms with E-state index in [9.17, 15) is 4.39 Å². The zero-order valence-corrected chi connectivity index (χ0v) is 8.03. The van der Waals surface area contributed by atoms with E-state index < -0.39 is 0 Å². The summed E-state index contributed by atoms with van der Waals surface area (Å²) >= 11 is 0. The lowest BCUT2D eigenvalue weighted by Gasteiger charge is -1.98. The van der Waals surface area contributed by atoms with Crippen LogP contribution >= 0.6 is 0 Å². The molecule has 14 heavy (non-hydrogen) atoms. The summed E-state index contributed by atoms with van der Waals surface area (Å²) in [6.07, 6.45) is 1.75. The number of nitrogens with zero attached hydrogens (tertiary/aromatic N) is 3. The molecule has 4 heteroatoms. The third-order valence-electron chi connectivity index (χ3n) is 2.07. The monoisotopic (exact) mass is 191 g/mol. The molecule has 1 heterocycles. The predicted molar refractivity (Wildman–Crippen MR) is 51.1 cm³/mol. The van der Waals surface area contributed by atoms with E-state index in [0.29, 0.717) is 11.3 Å². The molecule has 0 saturated heterocycles. The van der Waals surface area contributed by atoms with E-state index in [1.54, 1.807) is 30.9 Å². The number of benzene rings is 1. The fourth-order valence-corrected chi connectivity index (χ4v) is 1.23. The molecule has 72 valence electrons. The van der Waals surface area contributed by atoms with Gasteiger partial charge in [0.1, 0.15) is 11.5 Å². The second-order valence-electron chi connectivity index (χ2n) is 3.24. The van der Waals surface area contributed by atoms with Crippen LogP contribution in [-0.2, 0) is 7.05 Å². The first-order valence-electron chi connectivity index (χ1n) is 4.29. The smallest absolute Gasteiger partial charge is 0.126 e. The average molecular weight is 191 g/mol. The summed E-state index contributed by atoms with van der Waals surface area (Å²) in [4.78, 5) is 0. The Hall–Kier alpha value is -1.71. The lowest BCUT2D eigenvalue weighted by atomic mass is 10.1. The van der Waals surface area contributed by atoms with Gasteiger partial charge in [-0.05, 0) is 18.6 Å². The van der Waals surface area contributed by atoms with Crippen molar-refractivity contribution in [1.29, 1.82) is 0 Å². The highest BCUT2D eigenvalue weighted by Crippen LogP contribution is 2.18. The van der Waals surface area contributed by atoms with Crippen LogP contribution in [0.5, 0.6) is 0 Å². The van der Waals surface area contributed by atoms with Gasteiger partial charge in [-0.3, -0.25) is 4.68 Å². The van der Waals surface area contributed by atoms with Gasteiger partial charge >= 0.3 is 0 Å². The Kier molecular flexibility index (Phi) is 2.04. The van der Waals surface area contributed by atoms with Crippen molar-refractivity contribution in [3.8, 4) is 11.3 Å². The zero-order chi connectivity index (χ0) is 10.1. The molecule has 1 aromatic heterocycles. The summed E-state index contributed by atoms with van der Waals surface area (Å²) in [6.45, 7) is 1.73. The molecule has 0 fully saturated rings. The maximum absolute atomic E-state index is 13.2. The Morgan fingerprint density at radius 1 is 1.36 bits per heavy atom. The van der Waals surface area contributed by atoms with Crippen LogP contribution in [0.25, 0.3) is 11.3 Å². The third kappa shape index (κ3) is 1.51. The number of hydrogen-bond acceptors (Lipinski definition) is 2. The lowest BCUT2D eigenvalue weighted by Crippen LogP contribution is -1.85. The summed E-state index contributed by atoms with van der Waals surface area (Å²) in [7, 11) is 1.78. The fraction of sp³-hybridized carbons (Fsp3) is 0.200. The van der Waals surface area contributed by atoms with Crippen LogP contribution in [0.15, 0.2) is 24.4 Å². The molecule has 0 aliphatic rings. The highest BCUT2D eigenvalue weighted by Gasteiger charge is 2.04. The predicted octanol–water partition coefficient (Wildman–Crippen LogP) is 1.93. The third-order valence-corrected chi connectivity index (χ3v) is 2.07. The molecular weight excluding hydrogens is 181 g/mol. The van der Waals surface area contributed by atoms with Crippen molar-refractivity contribution < 1.29 is 4.39 Å². The molecule has 0 radical (unpaired) electrons. The average Bonchev–Trinajstić information content (AvgIpc) is 2.57. The molecule has 0 bridgehead atoms. The van der Waals surface area contributed by atoms with Crippen molar-refractivity contribution in [2.24, 2.45) is 7.05 Å². The highest BCUT2D eigenvalue weighted by molar-refractivity contribution is 5.58. The van der Waals surface area contributed by atoms with Crippen molar-refractivity contribution >= 4 is 0 Å². The molecule has 1 aromatic carbocycles. The number of aromatic nitrogens is 3. The molecule has 0 saturated carbocycles. The summed E-state index contributed by atoms with van der Waals surface area (Å²) in [5.74, 6) is -0.215. The first-order valence-corrected chi connectivity index (χ1v) is 4.29. The van der Waals surface area contributed by atoms with Gasteiger partial charge in [0.05, 0.1) is 6.20 Å². The van der Waals surface area contributed by atoms with E-state index >= 15 is 0 Å². The van der Waals surface area contributed by atoms with Crippen LogP contribution in [0.1, 0.15) is 5.56 Å². The molecule has 0 spiro atoms. The molecule has 2 rings (SSSR count). The van der Waals surface area contributed by atoms with Crippen molar-refractivity contribution in [2.75, 3.05) is 0 Å². The molecule has 3 nitrogen and oxygen atoms in total. The van der Waals surface area contributed by atoms with E-state index in [-0.39, 0.29) is 5.82 Å². The van der Waals surface area contributed by atoms with E-state index in [1.165, 1.54) is 6.07 Å². The van der Waals surface area contributed by atoms with Crippen LogP contribution in [0, 0.1) is 12.7 Å². The van der Waals surface area contributed by atoms with Gasteiger partial charge in [-0.25, -0.2) is 4.39 Å².